The van der Waals surface area contributed by atoms with Crippen LogP contribution < -0.4 is 9.80 Å². The van der Waals surface area contributed by atoms with E-state index in [1.165, 1.54) is 0 Å². The third kappa shape index (κ3) is 2.95. The molecular formula is C10H16ClN5O. The van der Waals surface area contributed by atoms with Crippen molar-refractivity contribution in [3.05, 3.63) is 5.28 Å². The fourth-order valence-corrected chi connectivity index (χ4v) is 1.89. The number of rotatable bonds is 2. The highest BCUT2D eigenvalue weighted by molar-refractivity contribution is 6.28. The minimum absolute atomic E-state index is 0.199. The molecule has 0 bridgehead atoms. The van der Waals surface area contributed by atoms with Gasteiger partial charge in [-0.3, -0.25) is 0 Å². The molecule has 1 N–H and O–H groups in total. The van der Waals surface area contributed by atoms with Gasteiger partial charge in [-0.1, -0.05) is 0 Å². The summed E-state index contributed by atoms with van der Waals surface area (Å²) in [5.41, 5.74) is 0. The predicted octanol–water partition coefficient (Wildman–Crippen LogP) is 0.552. The molecule has 7 heteroatoms. The third-order valence-corrected chi connectivity index (χ3v) is 2.90. The van der Waals surface area contributed by atoms with Crippen molar-refractivity contribution in [3.8, 4) is 0 Å². The molecule has 1 aliphatic rings. The molecule has 1 aliphatic heterocycles. The normalized spacial score (nSPS) is 17.3. The first-order valence-electron chi connectivity index (χ1n) is 5.58. The Morgan fingerprint density at radius 1 is 1.24 bits per heavy atom. The molecule has 0 radical (unpaired) electrons. The number of hydrogen-bond donors (Lipinski definition) is 1. The minimum Gasteiger partial charge on any atom is -0.393 e. The molecule has 0 saturated carbocycles. The molecule has 17 heavy (non-hydrogen) atoms. The molecule has 0 aromatic carbocycles. The standard InChI is InChI=1S/C10H16ClN5O/c1-15(2)9-12-8(11)13-10(14-9)16-5-3-7(17)4-6-16/h7,17H,3-6H2,1-2H3. The van der Waals surface area contributed by atoms with E-state index < -0.39 is 0 Å². The smallest absolute Gasteiger partial charge is 0.231 e. The van der Waals surface area contributed by atoms with Crippen molar-refractivity contribution in [2.24, 2.45) is 0 Å². The summed E-state index contributed by atoms with van der Waals surface area (Å²) in [5, 5.41) is 9.66. The average Bonchev–Trinajstić information content (AvgIpc) is 2.29. The first-order chi connectivity index (χ1) is 8.06. The summed E-state index contributed by atoms with van der Waals surface area (Å²) in [4.78, 5) is 16.3. The van der Waals surface area contributed by atoms with Gasteiger partial charge in [-0.2, -0.15) is 15.0 Å². The van der Waals surface area contributed by atoms with Gasteiger partial charge in [0.1, 0.15) is 0 Å². The summed E-state index contributed by atoms with van der Waals surface area (Å²) in [5.74, 6) is 1.13. The first kappa shape index (κ1) is 12.3. The third-order valence-electron chi connectivity index (χ3n) is 2.73. The highest BCUT2D eigenvalue weighted by Gasteiger charge is 2.20. The number of aliphatic hydroxyl groups excluding tert-OH is 1. The predicted molar refractivity (Wildman–Crippen MR) is 66.6 cm³/mol. The Labute approximate surface area is 105 Å². The molecular weight excluding hydrogens is 242 g/mol. The molecule has 0 spiro atoms. The lowest BCUT2D eigenvalue weighted by atomic mass is 10.1. The van der Waals surface area contributed by atoms with Gasteiger partial charge in [0.2, 0.25) is 17.2 Å². The second-order valence-electron chi connectivity index (χ2n) is 4.32. The van der Waals surface area contributed by atoms with Gasteiger partial charge in [-0.15, -0.1) is 0 Å². The van der Waals surface area contributed by atoms with Crippen molar-refractivity contribution in [1.82, 2.24) is 15.0 Å². The molecule has 1 aromatic heterocycles. The van der Waals surface area contributed by atoms with E-state index in [0.717, 1.165) is 25.9 Å². The Hall–Kier alpha value is -1.14. The summed E-state index contributed by atoms with van der Waals surface area (Å²) in [6, 6.07) is 0. The van der Waals surface area contributed by atoms with Crippen LogP contribution in [-0.2, 0) is 0 Å². The lowest BCUT2D eigenvalue weighted by molar-refractivity contribution is 0.145. The van der Waals surface area contributed by atoms with Crippen LogP contribution >= 0.6 is 11.6 Å². The fourth-order valence-electron chi connectivity index (χ4n) is 1.74. The Balaban J connectivity index is 2.20. The van der Waals surface area contributed by atoms with Crippen LogP contribution in [0.3, 0.4) is 0 Å². The van der Waals surface area contributed by atoms with E-state index in [0.29, 0.717) is 11.9 Å². The quantitative estimate of drug-likeness (QED) is 0.835. The second kappa shape index (κ2) is 5.01. The number of piperidine rings is 1. The topological polar surface area (TPSA) is 65.4 Å². The van der Waals surface area contributed by atoms with E-state index >= 15 is 0 Å². The van der Waals surface area contributed by atoms with Gasteiger partial charge in [0.15, 0.2) is 0 Å². The maximum absolute atomic E-state index is 9.46. The molecule has 0 unspecified atom stereocenters. The number of anilines is 2. The highest BCUT2D eigenvalue weighted by Crippen LogP contribution is 2.19. The molecule has 1 aromatic rings. The Morgan fingerprint density at radius 3 is 2.47 bits per heavy atom. The SMILES string of the molecule is CN(C)c1nc(Cl)nc(N2CCC(O)CC2)n1. The van der Waals surface area contributed by atoms with Crippen molar-refractivity contribution in [2.75, 3.05) is 37.0 Å². The zero-order valence-electron chi connectivity index (χ0n) is 9.97. The number of hydrogen-bond acceptors (Lipinski definition) is 6. The Morgan fingerprint density at radius 2 is 1.88 bits per heavy atom. The molecule has 1 fully saturated rings. The largest absolute Gasteiger partial charge is 0.393 e. The summed E-state index contributed by atoms with van der Waals surface area (Å²) >= 11 is 5.88. The van der Waals surface area contributed by atoms with E-state index in [2.05, 4.69) is 15.0 Å². The number of nitrogens with zero attached hydrogens (tertiary/aromatic N) is 5. The van der Waals surface area contributed by atoms with Gasteiger partial charge in [-0.25, -0.2) is 0 Å². The van der Waals surface area contributed by atoms with Gasteiger partial charge in [0.05, 0.1) is 6.10 Å². The van der Waals surface area contributed by atoms with E-state index in [4.69, 9.17) is 11.6 Å². The molecule has 0 atom stereocenters. The van der Waals surface area contributed by atoms with Gasteiger partial charge in [-0.05, 0) is 24.4 Å². The minimum atomic E-state index is -0.211. The summed E-state index contributed by atoms with van der Waals surface area (Å²) in [6.45, 7) is 1.49. The summed E-state index contributed by atoms with van der Waals surface area (Å²) in [6.07, 6.45) is 1.26. The summed E-state index contributed by atoms with van der Waals surface area (Å²) < 4.78 is 0. The van der Waals surface area contributed by atoms with Gasteiger partial charge in [0.25, 0.3) is 0 Å². The lowest BCUT2D eigenvalue weighted by Crippen LogP contribution is -2.37. The number of aromatic nitrogens is 3. The van der Waals surface area contributed by atoms with Crippen LogP contribution in [0.1, 0.15) is 12.8 Å². The van der Waals surface area contributed by atoms with Crippen LogP contribution in [-0.4, -0.2) is 53.3 Å². The van der Waals surface area contributed by atoms with Crippen LogP contribution in [0.5, 0.6) is 0 Å². The van der Waals surface area contributed by atoms with Crippen molar-refractivity contribution in [1.29, 1.82) is 0 Å². The van der Waals surface area contributed by atoms with Crippen molar-refractivity contribution in [3.63, 3.8) is 0 Å². The molecule has 94 valence electrons. The van der Waals surface area contributed by atoms with Crippen molar-refractivity contribution < 1.29 is 5.11 Å². The maximum atomic E-state index is 9.46. The van der Waals surface area contributed by atoms with Crippen LogP contribution in [0.25, 0.3) is 0 Å². The van der Waals surface area contributed by atoms with Gasteiger partial charge in [0, 0.05) is 27.2 Å². The maximum Gasteiger partial charge on any atom is 0.231 e. The monoisotopic (exact) mass is 257 g/mol. The van der Waals surface area contributed by atoms with E-state index in [1.807, 2.05) is 19.0 Å². The van der Waals surface area contributed by atoms with E-state index in [1.54, 1.807) is 4.90 Å². The average molecular weight is 258 g/mol. The highest BCUT2D eigenvalue weighted by atomic mass is 35.5. The van der Waals surface area contributed by atoms with E-state index in [-0.39, 0.29) is 11.4 Å². The van der Waals surface area contributed by atoms with Crippen LogP contribution in [0, 0.1) is 0 Å². The fraction of sp³-hybridized carbons (Fsp3) is 0.700. The Kier molecular flexibility index (Phi) is 3.63. The Bertz CT molecular complexity index is 392. The van der Waals surface area contributed by atoms with Crippen LogP contribution in [0.2, 0.25) is 5.28 Å². The number of halogens is 1. The van der Waals surface area contributed by atoms with Crippen molar-refractivity contribution in [2.45, 2.75) is 18.9 Å². The zero-order valence-corrected chi connectivity index (χ0v) is 10.7. The summed E-state index contributed by atoms with van der Waals surface area (Å²) in [7, 11) is 3.71. The second-order valence-corrected chi connectivity index (χ2v) is 4.66. The molecule has 0 aliphatic carbocycles. The zero-order chi connectivity index (χ0) is 12.4. The van der Waals surface area contributed by atoms with Gasteiger partial charge >= 0.3 is 0 Å². The number of aliphatic hydroxyl groups is 1. The molecule has 6 nitrogen and oxygen atoms in total. The van der Waals surface area contributed by atoms with Crippen LogP contribution in [0.4, 0.5) is 11.9 Å². The molecule has 2 heterocycles. The van der Waals surface area contributed by atoms with E-state index in [9.17, 15) is 5.11 Å². The first-order valence-corrected chi connectivity index (χ1v) is 5.96. The van der Waals surface area contributed by atoms with Gasteiger partial charge < -0.3 is 14.9 Å². The molecule has 1 saturated heterocycles. The van der Waals surface area contributed by atoms with Crippen LogP contribution in [0.15, 0.2) is 0 Å². The molecule has 0 amide bonds. The van der Waals surface area contributed by atoms with Crippen molar-refractivity contribution >= 4 is 23.5 Å². The lowest BCUT2D eigenvalue weighted by Gasteiger charge is -2.29. The molecule has 2 rings (SSSR count).